The van der Waals surface area contributed by atoms with Crippen LogP contribution in [0, 0.1) is 0 Å². The molecule has 0 heterocycles. The summed E-state index contributed by atoms with van der Waals surface area (Å²) in [7, 11) is 3.39. The Balaban J connectivity index is 2.39. The van der Waals surface area contributed by atoms with Gasteiger partial charge < -0.3 is 15.4 Å². The van der Waals surface area contributed by atoms with Gasteiger partial charge in [0.1, 0.15) is 0 Å². The number of hydrogen-bond acceptors (Lipinski definition) is 3. The maximum atomic E-state index is 11.3. The number of carbonyl (C=O) groups excluding carboxylic acids is 1. The van der Waals surface area contributed by atoms with Crippen LogP contribution in [0.15, 0.2) is 0 Å². The first-order valence-corrected chi connectivity index (χ1v) is 5.19. The van der Waals surface area contributed by atoms with Gasteiger partial charge in [-0.2, -0.15) is 0 Å². The lowest BCUT2D eigenvalue weighted by atomic mass is 10.2. The fourth-order valence-electron chi connectivity index (χ4n) is 2.01. The highest BCUT2D eigenvalue weighted by Gasteiger charge is 2.29. The summed E-state index contributed by atoms with van der Waals surface area (Å²) in [6.07, 6.45) is 3.63. The van der Waals surface area contributed by atoms with Gasteiger partial charge in [-0.05, 0) is 26.2 Å². The number of ether oxygens (including phenoxy) is 1. The van der Waals surface area contributed by atoms with Crippen LogP contribution in [0.3, 0.4) is 0 Å². The Bertz CT molecular complexity index is 197. The van der Waals surface area contributed by atoms with Crippen molar-refractivity contribution in [2.24, 2.45) is 0 Å². The summed E-state index contributed by atoms with van der Waals surface area (Å²) in [5.74, 6) is 0.0340. The lowest BCUT2D eigenvalue weighted by molar-refractivity contribution is -0.122. The van der Waals surface area contributed by atoms with Crippen molar-refractivity contribution in [2.45, 2.75) is 44.4 Å². The van der Waals surface area contributed by atoms with Gasteiger partial charge in [-0.3, -0.25) is 4.79 Å². The van der Waals surface area contributed by atoms with Gasteiger partial charge in [0, 0.05) is 20.2 Å². The number of carbonyl (C=O) groups is 1. The van der Waals surface area contributed by atoms with E-state index in [9.17, 15) is 4.79 Å². The molecule has 0 bridgehead atoms. The Kier molecular flexibility index (Phi) is 4.35. The maximum absolute atomic E-state index is 11.3. The van der Waals surface area contributed by atoms with Crippen LogP contribution in [0.4, 0.5) is 0 Å². The van der Waals surface area contributed by atoms with Crippen LogP contribution in [0.2, 0.25) is 0 Å². The van der Waals surface area contributed by atoms with Crippen molar-refractivity contribution in [3.05, 3.63) is 0 Å². The van der Waals surface area contributed by atoms with Gasteiger partial charge in [0.25, 0.3) is 0 Å². The Morgan fingerprint density at radius 2 is 2.21 bits per heavy atom. The topological polar surface area (TPSA) is 50.4 Å². The Morgan fingerprint density at radius 3 is 2.79 bits per heavy atom. The molecule has 0 saturated heterocycles. The summed E-state index contributed by atoms with van der Waals surface area (Å²) in [6.45, 7) is 1.88. The van der Waals surface area contributed by atoms with Crippen LogP contribution in [0.5, 0.6) is 0 Å². The van der Waals surface area contributed by atoms with E-state index >= 15 is 0 Å². The largest absolute Gasteiger partial charge is 0.380 e. The third kappa shape index (κ3) is 2.69. The Labute approximate surface area is 85.4 Å². The van der Waals surface area contributed by atoms with Gasteiger partial charge in [-0.1, -0.05) is 0 Å². The molecule has 0 spiro atoms. The zero-order valence-electron chi connectivity index (χ0n) is 9.17. The molecule has 3 unspecified atom stereocenters. The molecule has 1 fully saturated rings. The lowest BCUT2D eigenvalue weighted by Gasteiger charge is -2.23. The minimum absolute atomic E-state index is 0.0340. The minimum atomic E-state index is -0.138. The van der Waals surface area contributed by atoms with Crippen molar-refractivity contribution in [1.29, 1.82) is 0 Å². The molecule has 4 heteroatoms. The molecule has 82 valence electrons. The minimum Gasteiger partial charge on any atom is -0.380 e. The normalized spacial score (nSPS) is 28.8. The molecule has 0 radical (unpaired) electrons. The molecule has 1 aliphatic rings. The van der Waals surface area contributed by atoms with Crippen LogP contribution in [0.25, 0.3) is 0 Å². The first kappa shape index (κ1) is 11.5. The number of amides is 1. The van der Waals surface area contributed by atoms with Crippen molar-refractivity contribution in [3.63, 3.8) is 0 Å². The van der Waals surface area contributed by atoms with Gasteiger partial charge in [-0.25, -0.2) is 0 Å². The molecule has 1 amide bonds. The molecule has 2 N–H and O–H groups in total. The molecule has 3 atom stereocenters. The summed E-state index contributed by atoms with van der Waals surface area (Å²) < 4.78 is 5.34. The predicted molar refractivity (Wildman–Crippen MR) is 55.1 cm³/mol. The smallest absolute Gasteiger partial charge is 0.236 e. The summed E-state index contributed by atoms with van der Waals surface area (Å²) in [5, 5.41) is 5.92. The van der Waals surface area contributed by atoms with Gasteiger partial charge in [-0.15, -0.1) is 0 Å². The van der Waals surface area contributed by atoms with Crippen LogP contribution in [-0.2, 0) is 9.53 Å². The molecule has 1 saturated carbocycles. The van der Waals surface area contributed by atoms with E-state index in [4.69, 9.17) is 4.74 Å². The number of likely N-dealkylation sites (N-methyl/N-ethyl adjacent to an activating group) is 1. The average Bonchev–Trinajstić information content (AvgIpc) is 2.63. The number of rotatable bonds is 4. The van der Waals surface area contributed by atoms with E-state index in [2.05, 4.69) is 10.6 Å². The second-order valence-corrected chi connectivity index (χ2v) is 3.81. The van der Waals surface area contributed by atoms with Gasteiger partial charge in [0.15, 0.2) is 0 Å². The highest BCUT2D eigenvalue weighted by atomic mass is 16.5. The van der Waals surface area contributed by atoms with Crippen LogP contribution in [-0.4, -0.2) is 38.3 Å². The summed E-state index contributed by atoms with van der Waals surface area (Å²) in [5.41, 5.74) is 0. The molecule has 4 nitrogen and oxygen atoms in total. The number of hydrogen-bond donors (Lipinski definition) is 2. The molecule has 1 aliphatic carbocycles. The van der Waals surface area contributed by atoms with Crippen LogP contribution in [0.1, 0.15) is 26.2 Å². The van der Waals surface area contributed by atoms with E-state index in [1.807, 2.05) is 6.92 Å². The van der Waals surface area contributed by atoms with E-state index in [1.54, 1.807) is 14.2 Å². The quantitative estimate of drug-likeness (QED) is 0.685. The Hall–Kier alpha value is -0.610. The first-order chi connectivity index (χ1) is 6.69. The van der Waals surface area contributed by atoms with Crippen molar-refractivity contribution < 1.29 is 9.53 Å². The predicted octanol–water partition coefficient (Wildman–Crippen LogP) is 0.278. The zero-order valence-corrected chi connectivity index (χ0v) is 9.17. The van der Waals surface area contributed by atoms with Gasteiger partial charge in [0.05, 0.1) is 12.1 Å². The van der Waals surface area contributed by atoms with E-state index in [1.165, 1.54) is 6.42 Å². The van der Waals surface area contributed by atoms with E-state index < -0.39 is 0 Å². The fraction of sp³-hybridized carbons (Fsp3) is 0.900. The van der Waals surface area contributed by atoms with Gasteiger partial charge in [0.2, 0.25) is 5.91 Å². The van der Waals surface area contributed by atoms with Crippen molar-refractivity contribution in [3.8, 4) is 0 Å². The van der Waals surface area contributed by atoms with E-state index in [-0.39, 0.29) is 18.1 Å². The maximum Gasteiger partial charge on any atom is 0.236 e. The summed E-state index contributed by atoms with van der Waals surface area (Å²) in [6, 6.07) is 0.188. The molecule has 0 aromatic rings. The number of methoxy groups -OCH3 is 1. The molecule has 0 aliphatic heterocycles. The van der Waals surface area contributed by atoms with Crippen LogP contribution >= 0.6 is 0 Å². The highest BCUT2D eigenvalue weighted by Crippen LogP contribution is 2.21. The first-order valence-electron chi connectivity index (χ1n) is 5.19. The molecular weight excluding hydrogens is 180 g/mol. The SMILES string of the molecule is CNC(=O)C(C)NC1CCCC1OC. The third-order valence-corrected chi connectivity index (χ3v) is 2.86. The summed E-state index contributed by atoms with van der Waals surface area (Å²) in [4.78, 5) is 11.3. The highest BCUT2D eigenvalue weighted by molar-refractivity contribution is 5.80. The van der Waals surface area contributed by atoms with Gasteiger partial charge >= 0.3 is 0 Å². The van der Waals surface area contributed by atoms with E-state index in [0.717, 1.165) is 12.8 Å². The molecule has 14 heavy (non-hydrogen) atoms. The van der Waals surface area contributed by atoms with Crippen molar-refractivity contribution >= 4 is 5.91 Å². The van der Waals surface area contributed by atoms with E-state index in [0.29, 0.717) is 6.04 Å². The monoisotopic (exact) mass is 200 g/mol. The zero-order chi connectivity index (χ0) is 10.6. The molecule has 1 rings (SSSR count). The van der Waals surface area contributed by atoms with Crippen LogP contribution < -0.4 is 10.6 Å². The molecule has 0 aromatic heterocycles. The summed E-state index contributed by atoms with van der Waals surface area (Å²) >= 11 is 0. The fourth-order valence-corrected chi connectivity index (χ4v) is 2.01. The standard InChI is InChI=1S/C10H20N2O2/c1-7(10(13)11-2)12-8-5-4-6-9(8)14-3/h7-9,12H,4-6H2,1-3H3,(H,11,13). The molecule has 0 aromatic carbocycles. The number of nitrogens with one attached hydrogen (secondary N) is 2. The molecular formula is C10H20N2O2. The lowest BCUT2D eigenvalue weighted by Crippen LogP contribution is -2.48. The Morgan fingerprint density at radius 1 is 1.50 bits per heavy atom. The van der Waals surface area contributed by atoms with Crippen molar-refractivity contribution in [1.82, 2.24) is 10.6 Å². The third-order valence-electron chi connectivity index (χ3n) is 2.86. The average molecular weight is 200 g/mol. The second kappa shape index (κ2) is 5.32. The van der Waals surface area contributed by atoms with Crippen molar-refractivity contribution in [2.75, 3.05) is 14.2 Å². The second-order valence-electron chi connectivity index (χ2n) is 3.81.